The predicted octanol–water partition coefficient (Wildman–Crippen LogP) is 3.20. The van der Waals surface area contributed by atoms with Gasteiger partial charge in [0.05, 0.1) is 6.04 Å². The molecule has 0 spiro atoms. The van der Waals surface area contributed by atoms with Crippen LogP contribution < -0.4 is 5.32 Å². The van der Waals surface area contributed by atoms with E-state index in [2.05, 4.69) is 51.5 Å². The Balaban J connectivity index is 1.36. The van der Waals surface area contributed by atoms with Gasteiger partial charge >= 0.3 is 0 Å². The summed E-state index contributed by atoms with van der Waals surface area (Å²) in [6, 6.07) is 10.6. The number of carbonyl (C=O) groups excluding carboxylic acids is 1. The van der Waals surface area contributed by atoms with Crippen LogP contribution in [0, 0.1) is 0 Å². The van der Waals surface area contributed by atoms with Crippen molar-refractivity contribution in [1.82, 2.24) is 15.1 Å². The van der Waals surface area contributed by atoms with Crippen LogP contribution in [0.4, 0.5) is 0 Å². The van der Waals surface area contributed by atoms with E-state index in [-0.39, 0.29) is 11.9 Å². The zero-order valence-corrected chi connectivity index (χ0v) is 16.1. The predicted molar refractivity (Wildman–Crippen MR) is 107 cm³/mol. The van der Waals surface area contributed by atoms with E-state index in [1.807, 2.05) is 6.92 Å². The molecule has 1 amide bonds. The summed E-state index contributed by atoms with van der Waals surface area (Å²) in [5, 5.41) is 3.14. The van der Waals surface area contributed by atoms with Gasteiger partial charge in [0.15, 0.2) is 0 Å². The Morgan fingerprint density at radius 1 is 1.12 bits per heavy atom. The van der Waals surface area contributed by atoms with Crippen LogP contribution in [-0.4, -0.2) is 54.5 Å². The minimum Gasteiger partial charge on any atom is -0.354 e. The van der Waals surface area contributed by atoms with E-state index >= 15 is 0 Å². The number of allylic oxidation sites excluding steroid dienone is 1. The molecule has 0 saturated carbocycles. The van der Waals surface area contributed by atoms with Gasteiger partial charge in [-0.1, -0.05) is 42.0 Å². The van der Waals surface area contributed by atoms with Crippen molar-refractivity contribution in [3.05, 3.63) is 47.5 Å². The van der Waals surface area contributed by atoms with Gasteiger partial charge in [0, 0.05) is 39.3 Å². The molecule has 1 aliphatic heterocycles. The first-order chi connectivity index (χ1) is 12.7. The molecule has 0 unspecified atom stereocenters. The summed E-state index contributed by atoms with van der Waals surface area (Å²) in [6.45, 7) is 7.81. The lowest BCUT2D eigenvalue weighted by Crippen LogP contribution is -2.53. The first-order valence-corrected chi connectivity index (χ1v) is 10.2. The summed E-state index contributed by atoms with van der Waals surface area (Å²) in [7, 11) is 0. The van der Waals surface area contributed by atoms with Crippen molar-refractivity contribution in [3.8, 4) is 0 Å². The highest BCUT2D eigenvalue weighted by Gasteiger charge is 2.25. The molecule has 1 saturated heterocycles. The maximum atomic E-state index is 12.5. The average molecular weight is 356 g/mol. The molecule has 1 fully saturated rings. The van der Waals surface area contributed by atoms with Crippen LogP contribution in [0.15, 0.2) is 42.0 Å². The molecule has 0 bridgehead atoms. The molecule has 3 rings (SSSR count). The zero-order valence-electron chi connectivity index (χ0n) is 16.1. The van der Waals surface area contributed by atoms with E-state index in [9.17, 15) is 4.79 Å². The van der Waals surface area contributed by atoms with Crippen LogP contribution in [0.5, 0.6) is 0 Å². The molecule has 1 aromatic carbocycles. The van der Waals surface area contributed by atoms with Crippen LogP contribution in [0.3, 0.4) is 0 Å². The number of nitrogens with zero attached hydrogens (tertiary/aromatic N) is 2. The molecular formula is C22H33N3O. The normalized spacial score (nSPS) is 20.4. The third kappa shape index (κ3) is 5.68. The Hall–Kier alpha value is -1.65. The molecule has 1 N–H and O–H groups in total. The Morgan fingerprint density at radius 2 is 1.88 bits per heavy atom. The van der Waals surface area contributed by atoms with Gasteiger partial charge in [0.1, 0.15) is 0 Å². The highest BCUT2D eigenvalue weighted by molar-refractivity contribution is 5.81. The highest BCUT2D eigenvalue weighted by Crippen LogP contribution is 2.19. The maximum absolute atomic E-state index is 12.5. The summed E-state index contributed by atoms with van der Waals surface area (Å²) in [5.74, 6) is 0.179. The number of hydrogen-bond acceptors (Lipinski definition) is 3. The Morgan fingerprint density at radius 3 is 2.58 bits per heavy atom. The van der Waals surface area contributed by atoms with Gasteiger partial charge in [-0.3, -0.25) is 14.6 Å². The largest absolute Gasteiger partial charge is 0.354 e. The third-order valence-corrected chi connectivity index (χ3v) is 5.71. The standard InChI is InChI=1S/C22H33N3O/c1-19(22(26)23-13-12-20-8-4-2-5-9-20)25-16-14-24(15-17-25)18-21-10-6-3-7-11-21/h3,6-8,10-11,19H,2,4-5,9,12-18H2,1H3,(H,23,26)/t19-/m0/s1. The lowest BCUT2D eigenvalue weighted by atomic mass is 9.97. The molecule has 1 heterocycles. The lowest BCUT2D eigenvalue weighted by molar-refractivity contribution is -0.126. The van der Waals surface area contributed by atoms with Crippen molar-refractivity contribution in [2.24, 2.45) is 0 Å². The van der Waals surface area contributed by atoms with Crippen LogP contribution in [-0.2, 0) is 11.3 Å². The second-order valence-electron chi connectivity index (χ2n) is 7.62. The SMILES string of the molecule is C[C@@H](C(=O)NCCC1=CCCCC1)N1CCN(Cc2ccccc2)CC1. The van der Waals surface area contributed by atoms with E-state index in [0.717, 1.165) is 45.7 Å². The Bertz CT molecular complexity index is 591. The van der Waals surface area contributed by atoms with Gasteiger partial charge in [0.2, 0.25) is 5.91 Å². The number of carbonyl (C=O) groups is 1. The molecule has 0 radical (unpaired) electrons. The van der Waals surface area contributed by atoms with Gasteiger partial charge in [-0.05, 0) is 44.6 Å². The molecule has 142 valence electrons. The summed E-state index contributed by atoms with van der Waals surface area (Å²) in [6.07, 6.45) is 8.45. The van der Waals surface area contributed by atoms with Crippen molar-refractivity contribution in [1.29, 1.82) is 0 Å². The first-order valence-electron chi connectivity index (χ1n) is 10.2. The van der Waals surface area contributed by atoms with Crippen molar-refractivity contribution >= 4 is 5.91 Å². The van der Waals surface area contributed by atoms with Crippen LogP contribution in [0.25, 0.3) is 0 Å². The minimum atomic E-state index is -0.0331. The zero-order chi connectivity index (χ0) is 18.2. The van der Waals surface area contributed by atoms with Gasteiger partial charge in [0.25, 0.3) is 0 Å². The molecule has 2 aliphatic rings. The number of rotatable bonds is 7. The number of piperazine rings is 1. The van der Waals surface area contributed by atoms with E-state index in [1.54, 1.807) is 0 Å². The molecule has 1 aromatic rings. The van der Waals surface area contributed by atoms with E-state index in [0.29, 0.717) is 0 Å². The third-order valence-electron chi connectivity index (χ3n) is 5.71. The minimum absolute atomic E-state index is 0.0331. The fourth-order valence-electron chi connectivity index (χ4n) is 3.94. The smallest absolute Gasteiger partial charge is 0.237 e. The van der Waals surface area contributed by atoms with Crippen molar-refractivity contribution < 1.29 is 4.79 Å². The van der Waals surface area contributed by atoms with Crippen molar-refractivity contribution in [2.45, 2.75) is 51.6 Å². The maximum Gasteiger partial charge on any atom is 0.237 e. The average Bonchev–Trinajstić information content (AvgIpc) is 2.69. The summed E-state index contributed by atoms with van der Waals surface area (Å²) < 4.78 is 0. The molecule has 1 aliphatic carbocycles. The topological polar surface area (TPSA) is 35.6 Å². The number of amides is 1. The molecule has 0 aromatic heterocycles. The number of hydrogen-bond donors (Lipinski definition) is 1. The Kier molecular flexibility index (Phi) is 7.27. The summed E-state index contributed by atoms with van der Waals surface area (Å²) >= 11 is 0. The molecular weight excluding hydrogens is 322 g/mol. The van der Waals surface area contributed by atoms with E-state index < -0.39 is 0 Å². The van der Waals surface area contributed by atoms with Gasteiger partial charge in [-0.25, -0.2) is 0 Å². The molecule has 1 atom stereocenters. The van der Waals surface area contributed by atoms with Gasteiger partial charge < -0.3 is 5.32 Å². The summed E-state index contributed by atoms with van der Waals surface area (Å²) in [5.41, 5.74) is 2.89. The quantitative estimate of drug-likeness (QED) is 0.763. The lowest BCUT2D eigenvalue weighted by Gasteiger charge is -2.37. The molecule has 26 heavy (non-hydrogen) atoms. The van der Waals surface area contributed by atoms with Crippen LogP contribution >= 0.6 is 0 Å². The summed E-state index contributed by atoms with van der Waals surface area (Å²) in [4.78, 5) is 17.3. The fraction of sp³-hybridized carbons (Fsp3) is 0.591. The van der Waals surface area contributed by atoms with E-state index in [4.69, 9.17) is 0 Å². The molecule has 4 heteroatoms. The van der Waals surface area contributed by atoms with Gasteiger partial charge in [-0.2, -0.15) is 0 Å². The second kappa shape index (κ2) is 9.89. The molecule has 4 nitrogen and oxygen atoms in total. The van der Waals surface area contributed by atoms with Crippen LogP contribution in [0.1, 0.15) is 44.6 Å². The highest BCUT2D eigenvalue weighted by atomic mass is 16.2. The second-order valence-corrected chi connectivity index (χ2v) is 7.62. The van der Waals surface area contributed by atoms with Crippen LogP contribution in [0.2, 0.25) is 0 Å². The van der Waals surface area contributed by atoms with Crippen molar-refractivity contribution in [2.75, 3.05) is 32.7 Å². The fourth-order valence-corrected chi connectivity index (χ4v) is 3.94. The number of nitrogens with one attached hydrogen (secondary N) is 1. The first kappa shape index (κ1) is 19.1. The van der Waals surface area contributed by atoms with Crippen molar-refractivity contribution in [3.63, 3.8) is 0 Å². The van der Waals surface area contributed by atoms with E-state index in [1.165, 1.54) is 36.8 Å². The van der Waals surface area contributed by atoms with Gasteiger partial charge in [-0.15, -0.1) is 0 Å². The number of benzene rings is 1. The monoisotopic (exact) mass is 355 g/mol. The Labute approximate surface area is 158 Å².